The number of benzene rings is 2. The van der Waals surface area contributed by atoms with E-state index in [0.29, 0.717) is 11.1 Å². The first-order valence-electron chi connectivity index (χ1n) is 6.97. The maximum absolute atomic E-state index is 13.6. The van der Waals surface area contributed by atoms with Crippen LogP contribution in [0.25, 0.3) is 11.1 Å². The van der Waals surface area contributed by atoms with Crippen molar-refractivity contribution in [2.75, 3.05) is 14.1 Å². The molecule has 0 heterocycles. The van der Waals surface area contributed by atoms with Gasteiger partial charge in [-0.15, -0.1) is 0 Å². The van der Waals surface area contributed by atoms with Crippen molar-refractivity contribution in [3.8, 4) is 11.1 Å². The summed E-state index contributed by atoms with van der Waals surface area (Å²) in [5.74, 6) is -0.392. The van der Waals surface area contributed by atoms with E-state index < -0.39 is 0 Å². The fraction of sp³-hybridized carbons (Fsp3) is 0.278. The molecule has 2 aromatic carbocycles. The van der Waals surface area contributed by atoms with Gasteiger partial charge in [-0.2, -0.15) is 0 Å². The lowest BCUT2D eigenvalue weighted by Gasteiger charge is -2.21. The van der Waals surface area contributed by atoms with E-state index in [9.17, 15) is 9.18 Å². The molecule has 0 N–H and O–H groups in total. The summed E-state index contributed by atoms with van der Waals surface area (Å²) >= 11 is 0. The summed E-state index contributed by atoms with van der Waals surface area (Å²) in [4.78, 5) is 13.9. The first-order chi connectivity index (χ1) is 9.90. The summed E-state index contributed by atoms with van der Waals surface area (Å²) in [6.45, 7) is 3.61. The average Bonchev–Trinajstić information content (AvgIpc) is 2.46. The molecule has 21 heavy (non-hydrogen) atoms. The smallest absolute Gasteiger partial charge is 0.160 e. The van der Waals surface area contributed by atoms with Crippen molar-refractivity contribution in [3.05, 3.63) is 59.4 Å². The Morgan fingerprint density at radius 1 is 1.14 bits per heavy atom. The number of Topliss-reactive ketones (excluding diaryl/α,β-unsaturated/α-hetero) is 1. The number of rotatable bonds is 4. The molecule has 0 spiro atoms. The number of nitrogens with zero attached hydrogens (tertiary/aromatic N) is 1. The minimum absolute atomic E-state index is 0.0592. The Morgan fingerprint density at radius 2 is 1.86 bits per heavy atom. The van der Waals surface area contributed by atoms with Crippen molar-refractivity contribution < 1.29 is 9.18 Å². The van der Waals surface area contributed by atoms with Crippen molar-refractivity contribution >= 4 is 5.78 Å². The van der Waals surface area contributed by atoms with Crippen LogP contribution in [-0.2, 0) is 0 Å². The van der Waals surface area contributed by atoms with Gasteiger partial charge in [0.15, 0.2) is 5.78 Å². The van der Waals surface area contributed by atoms with Crippen LogP contribution in [-0.4, -0.2) is 24.8 Å². The van der Waals surface area contributed by atoms with Gasteiger partial charge in [-0.05, 0) is 68.9 Å². The predicted octanol–water partition coefficient (Wildman–Crippen LogP) is 4.32. The summed E-state index contributed by atoms with van der Waals surface area (Å²) in [6.07, 6.45) is 0. The minimum atomic E-state index is -0.332. The van der Waals surface area contributed by atoms with Crippen LogP contribution in [0.3, 0.4) is 0 Å². The first-order valence-corrected chi connectivity index (χ1v) is 6.97. The molecule has 0 saturated heterocycles. The third-order valence-corrected chi connectivity index (χ3v) is 3.82. The molecular weight excluding hydrogens is 265 g/mol. The van der Waals surface area contributed by atoms with Crippen LogP contribution in [0.5, 0.6) is 0 Å². The van der Waals surface area contributed by atoms with Crippen molar-refractivity contribution in [2.45, 2.75) is 19.9 Å². The fourth-order valence-electron chi connectivity index (χ4n) is 2.33. The maximum atomic E-state index is 13.6. The van der Waals surface area contributed by atoms with E-state index in [4.69, 9.17) is 0 Å². The predicted molar refractivity (Wildman–Crippen MR) is 83.9 cm³/mol. The number of carbonyl (C=O) groups excluding carboxylic acids is 1. The zero-order chi connectivity index (χ0) is 15.6. The summed E-state index contributed by atoms with van der Waals surface area (Å²) in [6, 6.07) is 12.5. The summed E-state index contributed by atoms with van der Waals surface area (Å²) in [5.41, 5.74) is 3.20. The Hall–Kier alpha value is -2.00. The van der Waals surface area contributed by atoms with Crippen molar-refractivity contribution in [3.63, 3.8) is 0 Å². The van der Waals surface area contributed by atoms with Crippen LogP contribution in [0.15, 0.2) is 42.5 Å². The summed E-state index contributed by atoms with van der Waals surface area (Å²) in [5, 5.41) is 0. The van der Waals surface area contributed by atoms with E-state index in [1.807, 2.05) is 38.4 Å². The summed E-state index contributed by atoms with van der Waals surface area (Å²) < 4.78 is 13.6. The van der Waals surface area contributed by atoms with Gasteiger partial charge in [-0.3, -0.25) is 4.79 Å². The molecule has 1 atom stereocenters. The highest BCUT2D eigenvalue weighted by molar-refractivity contribution is 6.00. The molecule has 0 amide bonds. The number of hydrogen-bond donors (Lipinski definition) is 0. The molecule has 2 nitrogen and oxygen atoms in total. The molecule has 0 radical (unpaired) electrons. The third-order valence-electron chi connectivity index (χ3n) is 3.82. The topological polar surface area (TPSA) is 20.3 Å². The lowest BCUT2D eigenvalue weighted by Crippen LogP contribution is -2.16. The molecule has 0 fully saturated rings. The van der Waals surface area contributed by atoms with Crippen LogP contribution in [0, 0.1) is 5.82 Å². The SMILES string of the molecule is CC(=O)c1ccc(F)cc1-c1cccc([C@H](C)N(C)C)c1. The highest BCUT2D eigenvalue weighted by Gasteiger charge is 2.13. The molecule has 2 rings (SSSR count). The summed E-state index contributed by atoms with van der Waals surface area (Å²) in [7, 11) is 4.03. The first kappa shape index (κ1) is 15.4. The van der Waals surface area contributed by atoms with Gasteiger partial charge in [-0.1, -0.05) is 18.2 Å². The zero-order valence-corrected chi connectivity index (χ0v) is 12.9. The number of carbonyl (C=O) groups is 1. The molecule has 0 unspecified atom stereocenters. The Balaban J connectivity index is 2.55. The second-order valence-electron chi connectivity index (χ2n) is 5.51. The van der Waals surface area contributed by atoms with Crippen LogP contribution < -0.4 is 0 Å². The second kappa shape index (κ2) is 6.19. The normalized spacial score (nSPS) is 12.5. The van der Waals surface area contributed by atoms with E-state index in [-0.39, 0.29) is 17.6 Å². The van der Waals surface area contributed by atoms with Gasteiger partial charge in [0.1, 0.15) is 5.82 Å². The Bertz CT molecular complexity index is 664. The van der Waals surface area contributed by atoms with Gasteiger partial charge in [0, 0.05) is 11.6 Å². The molecule has 3 heteroatoms. The Labute approximate surface area is 125 Å². The van der Waals surface area contributed by atoms with E-state index in [1.54, 1.807) is 6.07 Å². The van der Waals surface area contributed by atoms with Gasteiger partial charge < -0.3 is 4.90 Å². The molecule has 0 aliphatic heterocycles. The van der Waals surface area contributed by atoms with Gasteiger partial charge in [0.2, 0.25) is 0 Å². The van der Waals surface area contributed by atoms with Gasteiger partial charge >= 0.3 is 0 Å². The molecule has 0 bridgehead atoms. The monoisotopic (exact) mass is 285 g/mol. The van der Waals surface area contributed by atoms with E-state index in [1.165, 1.54) is 19.1 Å². The van der Waals surface area contributed by atoms with E-state index in [2.05, 4.69) is 11.8 Å². The molecular formula is C18H20FNO. The Morgan fingerprint density at radius 3 is 2.48 bits per heavy atom. The van der Waals surface area contributed by atoms with Gasteiger partial charge in [-0.25, -0.2) is 4.39 Å². The Kier molecular flexibility index (Phi) is 4.53. The van der Waals surface area contributed by atoms with Crippen LogP contribution in [0.2, 0.25) is 0 Å². The minimum Gasteiger partial charge on any atom is -0.303 e. The van der Waals surface area contributed by atoms with E-state index >= 15 is 0 Å². The fourth-order valence-corrected chi connectivity index (χ4v) is 2.33. The van der Waals surface area contributed by atoms with Crippen LogP contribution in [0.4, 0.5) is 4.39 Å². The van der Waals surface area contributed by atoms with Crippen molar-refractivity contribution in [1.82, 2.24) is 4.90 Å². The standard InChI is InChI=1S/C18H20FNO/c1-12(20(3)4)14-6-5-7-15(10-14)18-11-16(19)8-9-17(18)13(2)21/h5-12H,1-4H3/t12-/m0/s1. The number of halogens is 1. The number of hydrogen-bond acceptors (Lipinski definition) is 2. The quantitative estimate of drug-likeness (QED) is 0.780. The highest BCUT2D eigenvalue weighted by atomic mass is 19.1. The molecule has 0 saturated carbocycles. The molecule has 2 aromatic rings. The maximum Gasteiger partial charge on any atom is 0.160 e. The number of ketones is 1. The lowest BCUT2D eigenvalue weighted by molar-refractivity contribution is 0.101. The molecule has 110 valence electrons. The second-order valence-corrected chi connectivity index (χ2v) is 5.51. The lowest BCUT2D eigenvalue weighted by atomic mass is 9.94. The van der Waals surface area contributed by atoms with Crippen molar-refractivity contribution in [2.24, 2.45) is 0 Å². The highest BCUT2D eigenvalue weighted by Crippen LogP contribution is 2.28. The van der Waals surface area contributed by atoms with Gasteiger partial charge in [0.25, 0.3) is 0 Å². The van der Waals surface area contributed by atoms with Crippen LogP contribution >= 0.6 is 0 Å². The van der Waals surface area contributed by atoms with Crippen molar-refractivity contribution in [1.29, 1.82) is 0 Å². The molecule has 0 aliphatic rings. The average molecular weight is 285 g/mol. The largest absolute Gasteiger partial charge is 0.303 e. The van der Waals surface area contributed by atoms with Gasteiger partial charge in [0.05, 0.1) is 0 Å². The van der Waals surface area contributed by atoms with E-state index in [0.717, 1.165) is 11.1 Å². The third kappa shape index (κ3) is 3.37. The van der Waals surface area contributed by atoms with Crippen LogP contribution in [0.1, 0.15) is 35.8 Å². The zero-order valence-electron chi connectivity index (χ0n) is 12.9. The molecule has 0 aromatic heterocycles. The molecule has 0 aliphatic carbocycles.